The van der Waals surface area contributed by atoms with Crippen LogP contribution >= 0.6 is 15.9 Å². The zero-order valence-corrected chi connectivity index (χ0v) is 13.6. The fourth-order valence-electron chi connectivity index (χ4n) is 1.80. The molecule has 1 rings (SSSR count). The molecule has 0 saturated carbocycles. The van der Waals surface area contributed by atoms with E-state index in [9.17, 15) is 4.79 Å². The Morgan fingerprint density at radius 1 is 1.33 bits per heavy atom. The fraction of sp³-hybridized carbons (Fsp3) is 0.533. The number of halogens is 1. The molecule has 0 aliphatic carbocycles. The molecule has 0 saturated heterocycles. The third kappa shape index (κ3) is 3.35. The van der Waals surface area contributed by atoms with Crippen LogP contribution in [0, 0.1) is 5.41 Å². The summed E-state index contributed by atoms with van der Waals surface area (Å²) in [5, 5.41) is 0. The zero-order valence-electron chi connectivity index (χ0n) is 12.0. The van der Waals surface area contributed by atoms with Crippen LogP contribution in [0.4, 0.5) is 5.69 Å². The number of carbonyl (C=O) groups is 1. The van der Waals surface area contributed by atoms with Gasteiger partial charge >= 0.3 is 0 Å². The van der Waals surface area contributed by atoms with Gasteiger partial charge in [0.1, 0.15) is 0 Å². The molecule has 0 spiro atoms. The number of Topliss-reactive ketones (excluding diaryl/α,β-unsaturated/α-hetero) is 1. The summed E-state index contributed by atoms with van der Waals surface area (Å²) in [7, 11) is 2.09. The lowest BCUT2D eigenvalue weighted by molar-refractivity contribution is 0.101. The lowest BCUT2D eigenvalue weighted by atomic mass is 9.87. The molecule has 0 fully saturated rings. The van der Waals surface area contributed by atoms with Gasteiger partial charge in [-0.2, -0.15) is 0 Å². The highest BCUT2D eigenvalue weighted by molar-refractivity contribution is 9.10. The van der Waals surface area contributed by atoms with Gasteiger partial charge in [0.25, 0.3) is 0 Å². The van der Waals surface area contributed by atoms with Crippen molar-refractivity contribution >= 4 is 27.4 Å². The molecule has 2 nitrogen and oxygen atoms in total. The van der Waals surface area contributed by atoms with Crippen LogP contribution in [-0.2, 0) is 0 Å². The first-order valence-electron chi connectivity index (χ1n) is 6.18. The van der Waals surface area contributed by atoms with Crippen LogP contribution in [-0.4, -0.2) is 18.9 Å². The van der Waals surface area contributed by atoms with Gasteiger partial charge < -0.3 is 4.90 Å². The Kier molecular flexibility index (Phi) is 4.60. The minimum atomic E-state index is 0.0915. The number of nitrogens with zero attached hydrogens (tertiary/aromatic N) is 1. The molecule has 100 valence electrons. The molecule has 0 aromatic heterocycles. The third-order valence-electron chi connectivity index (χ3n) is 3.57. The van der Waals surface area contributed by atoms with E-state index in [2.05, 4.69) is 55.6 Å². The molecule has 0 aliphatic rings. The van der Waals surface area contributed by atoms with E-state index < -0.39 is 0 Å². The Morgan fingerprint density at radius 2 is 1.89 bits per heavy atom. The molecule has 1 aromatic carbocycles. The van der Waals surface area contributed by atoms with Crippen LogP contribution in [0.25, 0.3) is 0 Å². The van der Waals surface area contributed by atoms with Gasteiger partial charge in [0.05, 0.1) is 5.69 Å². The summed E-state index contributed by atoms with van der Waals surface area (Å²) in [6.45, 7) is 10.5. The number of hydrogen-bond donors (Lipinski definition) is 0. The normalized spacial score (nSPS) is 13.3. The number of hydrogen-bond acceptors (Lipinski definition) is 2. The maximum Gasteiger partial charge on any atom is 0.159 e. The standard InChI is InChI=1S/C15H22BrNO/c1-10(18)12-7-8-14(13(16)9-12)17(6)11(2)15(3,4)5/h7-9,11H,1-6H3. The van der Waals surface area contributed by atoms with Crippen molar-refractivity contribution in [1.29, 1.82) is 0 Å². The highest BCUT2D eigenvalue weighted by Crippen LogP contribution is 2.32. The molecule has 0 amide bonds. The van der Waals surface area contributed by atoms with Crippen molar-refractivity contribution in [2.75, 3.05) is 11.9 Å². The Morgan fingerprint density at radius 3 is 2.28 bits per heavy atom. The first-order chi connectivity index (χ1) is 8.14. The monoisotopic (exact) mass is 311 g/mol. The van der Waals surface area contributed by atoms with Gasteiger partial charge in [-0.25, -0.2) is 0 Å². The van der Waals surface area contributed by atoms with Gasteiger partial charge in [-0.3, -0.25) is 4.79 Å². The molecule has 0 N–H and O–H groups in total. The first kappa shape index (κ1) is 15.2. The summed E-state index contributed by atoms with van der Waals surface area (Å²) in [5.41, 5.74) is 2.05. The van der Waals surface area contributed by atoms with Crippen molar-refractivity contribution in [3.63, 3.8) is 0 Å². The molecule has 0 heterocycles. The molecular formula is C15H22BrNO. The second-order valence-electron chi connectivity index (χ2n) is 5.88. The fourth-order valence-corrected chi connectivity index (χ4v) is 2.46. The van der Waals surface area contributed by atoms with E-state index in [1.807, 2.05) is 18.2 Å². The number of carbonyl (C=O) groups excluding carboxylic acids is 1. The van der Waals surface area contributed by atoms with Crippen LogP contribution in [0.1, 0.15) is 45.0 Å². The Bertz CT molecular complexity index is 448. The topological polar surface area (TPSA) is 20.3 Å². The van der Waals surface area contributed by atoms with Gasteiger partial charge in [0.15, 0.2) is 5.78 Å². The summed E-state index contributed by atoms with van der Waals surface area (Å²) < 4.78 is 0.966. The molecule has 0 radical (unpaired) electrons. The van der Waals surface area contributed by atoms with Gasteiger partial charge in [-0.1, -0.05) is 20.8 Å². The van der Waals surface area contributed by atoms with E-state index in [-0.39, 0.29) is 11.2 Å². The van der Waals surface area contributed by atoms with E-state index in [0.29, 0.717) is 6.04 Å². The van der Waals surface area contributed by atoms with E-state index in [1.165, 1.54) is 0 Å². The van der Waals surface area contributed by atoms with Crippen LogP contribution < -0.4 is 4.90 Å². The van der Waals surface area contributed by atoms with Crippen molar-refractivity contribution in [2.45, 2.75) is 40.7 Å². The van der Waals surface area contributed by atoms with Crippen LogP contribution in [0.5, 0.6) is 0 Å². The molecule has 0 bridgehead atoms. The van der Waals surface area contributed by atoms with Crippen molar-refractivity contribution < 1.29 is 4.79 Å². The van der Waals surface area contributed by atoms with Gasteiger partial charge in [0.2, 0.25) is 0 Å². The van der Waals surface area contributed by atoms with E-state index in [0.717, 1.165) is 15.7 Å². The van der Waals surface area contributed by atoms with Gasteiger partial charge in [0, 0.05) is 23.1 Å². The first-order valence-corrected chi connectivity index (χ1v) is 6.97. The SMILES string of the molecule is CC(=O)c1ccc(N(C)C(C)C(C)(C)C)c(Br)c1. The minimum absolute atomic E-state index is 0.0915. The second kappa shape index (κ2) is 5.43. The predicted octanol–water partition coefficient (Wildman–Crippen LogP) is 4.52. The van der Waals surface area contributed by atoms with E-state index in [1.54, 1.807) is 6.92 Å². The average molecular weight is 312 g/mol. The Labute approximate surface area is 119 Å². The number of ketones is 1. The molecule has 1 unspecified atom stereocenters. The van der Waals surface area contributed by atoms with Crippen LogP contribution in [0.15, 0.2) is 22.7 Å². The minimum Gasteiger partial charge on any atom is -0.370 e. The number of rotatable bonds is 3. The number of benzene rings is 1. The second-order valence-corrected chi connectivity index (χ2v) is 6.73. The predicted molar refractivity (Wildman–Crippen MR) is 81.5 cm³/mol. The van der Waals surface area contributed by atoms with E-state index >= 15 is 0 Å². The molecular weight excluding hydrogens is 290 g/mol. The molecule has 18 heavy (non-hydrogen) atoms. The summed E-state index contributed by atoms with van der Waals surface area (Å²) in [5.74, 6) is 0.0915. The molecule has 1 aromatic rings. The lowest BCUT2D eigenvalue weighted by Crippen LogP contribution is -2.39. The average Bonchev–Trinajstić information content (AvgIpc) is 2.25. The van der Waals surface area contributed by atoms with Crippen molar-refractivity contribution in [3.05, 3.63) is 28.2 Å². The molecule has 1 atom stereocenters. The largest absolute Gasteiger partial charge is 0.370 e. The molecule has 3 heteroatoms. The third-order valence-corrected chi connectivity index (χ3v) is 4.20. The quantitative estimate of drug-likeness (QED) is 0.765. The van der Waals surface area contributed by atoms with Gasteiger partial charge in [-0.05, 0) is 53.4 Å². The highest BCUT2D eigenvalue weighted by atomic mass is 79.9. The van der Waals surface area contributed by atoms with E-state index in [4.69, 9.17) is 0 Å². The summed E-state index contributed by atoms with van der Waals surface area (Å²) in [4.78, 5) is 13.6. The lowest BCUT2D eigenvalue weighted by Gasteiger charge is -2.37. The van der Waals surface area contributed by atoms with Gasteiger partial charge in [-0.15, -0.1) is 0 Å². The van der Waals surface area contributed by atoms with Crippen LogP contribution in [0.2, 0.25) is 0 Å². The summed E-state index contributed by atoms with van der Waals surface area (Å²) >= 11 is 3.56. The van der Waals surface area contributed by atoms with Crippen molar-refractivity contribution in [2.24, 2.45) is 5.41 Å². The van der Waals surface area contributed by atoms with Crippen molar-refractivity contribution in [3.8, 4) is 0 Å². The van der Waals surface area contributed by atoms with Crippen LogP contribution in [0.3, 0.4) is 0 Å². The Balaban J connectivity index is 3.08. The zero-order chi connectivity index (χ0) is 14.1. The summed E-state index contributed by atoms with van der Waals surface area (Å²) in [6.07, 6.45) is 0. The molecule has 0 aliphatic heterocycles. The number of anilines is 1. The summed E-state index contributed by atoms with van der Waals surface area (Å²) in [6, 6.07) is 6.18. The maximum atomic E-state index is 11.3. The van der Waals surface area contributed by atoms with Crippen molar-refractivity contribution in [1.82, 2.24) is 0 Å². The highest BCUT2D eigenvalue weighted by Gasteiger charge is 2.25. The maximum absolute atomic E-state index is 11.3. The Hall–Kier alpha value is -0.830. The smallest absolute Gasteiger partial charge is 0.159 e.